The van der Waals surface area contributed by atoms with E-state index in [2.05, 4.69) is 5.32 Å². The lowest BCUT2D eigenvalue weighted by atomic mass is 10.0. The van der Waals surface area contributed by atoms with Gasteiger partial charge < -0.3 is 19.9 Å². The molecule has 1 atom stereocenters. The SMILES string of the molecule is CCC(NC(=O)c1cc(OC)ccc1O)c1ccc(OC)cc1. The fraction of sp³-hybridized carbons (Fsp3) is 0.278. The maximum absolute atomic E-state index is 12.4. The van der Waals surface area contributed by atoms with Crippen LogP contribution in [-0.4, -0.2) is 25.2 Å². The van der Waals surface area contributed by atoms with Gasteiger partial charge in [-0.1, -0.05) is 19.1 Å². The van der Waals surface area contributed by atoms with Crippen molar-refractivity contribution in [3.63, 3.8) is 0 Å². The maximum atomic E-state index is 12.4. The van der Waals surface area contributed by atoms with Crippen LogP contribution in [0.2, 0.25) is 0 Å². The third-order valence-corrected chi connectivity index (χ3v) is 3.68. The molecule has 0 fully saturated rings. The predicted octanol–water partition coefficient (Wildman–Crippen LogP) is 3.29. The number of rotatable bonds is 6. The first-order valence-corrected chi connectivity index (χ1v) is 7.40. The molecular formula is C18H21NO4. The van der Waals surface area contributed by atoms with E-state index >= 15 is 0 Å². The van der Waals surface area contributed by atoms with Gasteiger partial charge in [-0.25, -0.2) is 0 Å². The van der Waals surface area contributed by atoms with Crippen LogP contribution in [0.25, 0.3) is 0 Å². The zero-order valence-corrected chi connectivity index (χ0v) is 13.5. The second kappa shape index (κ2) is 7.54. The minimum atomic E-state index is -0.343. The van der Waals surface area contributed by atoms with Gasteiger partial charge >= 0.3 is 0 Å². The molecule has 0 radical (unpaired) electrons. The summed E-state index contributed by atoms with van der Waals surface area (Å²) in [5, 5.41) is 12.8. The number of nitrogens with one attached hydrogen (secondary N) is 1. The molecular weight excluding hydrogens is 294 g/mol. The Morgan fingerprint density at radius 1 is 1.09 bits per heavy atom. The summed E-state index contributed by atoms with van der Waals surface area (Å²) >= 11 is 0. The number of carbonyl (C=O) groups is 1. The van der Waals surface area contributed by atoms with Crippen molar-refractivity contribution in [2.24, 2.45) is 0 Å². The van der Waals surface area contributed by atoms with Crippen LogP contribution >= 0.6 is 0 Å². The highest BCUT2D eigenvalue weighted by Crippen LogP contribution is 2.25. The summed E-state index contributed by atoms with van der Waals surface area (Å²) in [6, 6.07) is 12.0. The highest BCUT2D eigenvalue weighted by atomic mass is 16.5. The van der Waals surface area contributed by atoms with Gasteiger partial charge in [0.15, 0.2) is 0 Å². The van der Waals surface area contributed by atoms with Crippen molar-refractivity contribution in [3.05, 3.63) is 53.6 Å². The number of methoxy groups -OCH3 is 2. The Morgan fingerprint density at radius 3 is 2.26 bits per heavy atom. The lowest BCUT2D eigenvalue weighted by Crippen LogP contribution is -2.28. The van der Waals surface area contributed by atoms with E-state index in [1.165, 1.54) is 19.2 Å². The molecule has 0 saturated heterocycles. The highest BCUT2D eigenvalue weighted by Gasteiger charge is 2.17. The average Bonchev–Trinajstić information content (AvgIpc) is 2.60. The summed E-state index contributed by atoms with van der Waals surface area (Å²) in [5.74, 6) is 0.864. The first-order chi connectivity index (χ1) is 11.1. The van der Waals surface area contributed by atoms with E-state index in [0.717, 1.165) is 17.7 Å². The average molecular weight is 315 g/mol. The first-order valence-electron chi connectivity index (χ1n) is 7.40. The van der Waals surface area contributed by atoms with Crippen molar-refractivity contribution in [2.45, 2.75) is 19.4 Å². The van der Waals surface area contributed by atoms with Crippen molar-refractivity contribution >= 4 is 5.91 Å². The molecule has 0 bridgehead atoms. The van der Waals surface area contributed by atoms with E-state index in [-0.39, 0.29) is 23.3 Å². The lowest BCUT2D eigenvalue weighted by Gasteiger charge is -2.18. The van der Waals surface area contributed by atoms with E-state index in [1.54, 1.807) is 13.2 Å². The van der Waals surface area contributed by atoms with Crippen molar-refractivity contribution in [2.75, 3.05) is 14.2 Å². The molecule has 0 aliphatic rings. The van der Waals surface area contributed by atoms with Crippen molar-refractivity contribution < 1.29 is 19.4 Å². The van der Waals surface area contributed by atoms with Gasteiger partial charge in [0.1, 0.15) is 17.2 Å². The summed E-state index contributed by atoms with van der Waals surface area (Å²) in [5.41, 5.74) is 1.17. The minimum Gasteiger partial charge on any atom is -0.507 e. The van der Waals surface area contributed by atoms with Crippen LogP contribution in [0.5, 0.6) is 17.2 Å². The summed E-state index contributed by atoms with van der Waals surface area (Å²) in [4.78, 5) is 12.4. The second-order valence-electron chi connectivity index (χ2n) is 5.09. The molecule has 2 aromatic rings. The topological polar surface area (TPSA) is 67.8 Å². The third-order valence-electron chi connectivity index (χ3n) is 3.68. The predicted molar refractivity (Wildman–Crippen MR) is 88.2 cm³/mol. The van der Waals surface area contributed by atoms with Crippen molar-refractivity contribution in [1.29, 1.82) is 0 Å². The number of aromatic hydroxyl groups is 1. The molecule has 0 saturated carbocycles. The molecule has 0 aromatic heterocycles. The molecule has 0 aliphatic heterocycles. The van der Waals surface area contributed by atoms with Gasteiger partial charge in [0.25, 0.3) is 5.91 Å². The van der Waals surface area contributed by atoms with Crippen LogP contribution in [0.4, 0.5) is 0 Å². The smallest absolute Gasteiger partial charge is 0.255 e. The molecule has 0 spiro atoms. The van der Waals surface area contributed by atoms with Crippen molar-refractivity contribution in [1.82, 2.24) is 5.32 Å². The molecule has 1 amide bonds. The summed E-state index contributed by atoms with van der Waals surface area (Å²) in [6.07, 6.45) is 0.725. The molecule has 5 heteroatoms. The van der Waals surface area contributed by atoms with E-state index < -0.39 is 0 Å². The summed E-state index contributed by atoms with van der Waals surface area (Å²) in [7, 11) is 3.12. The summed E-state index contributed by atoms with van der Waals surface area (Å²) < 4.78 is 10.2. The number of hydrogen-bond acceptors (Lipinski definition) is 4. The molecule has 122 valence electrons. The van der Waals surface area contributed by atoms with Gasteiger partial charge in [0, 0.05) is 0 Å². The van der Waals surface area contributed by atoms with E-state index in [9.17, 15) is 9.90 Å². The van der Waals surface area contributed by atoms with Gasteiger partial charge in [0.05, 0.1) is 25.8 Å². The van der Waals surface area contributed by atoms with Crippen molar-refractivity contribution in [3.8, 4) is 17.2 Å². The van der Waals surface area contributed by atoms with Gasteiger partial charge in [-0.15, -0.1) is 0 Å². The zero-order chi connectivity index (χ0) is 16.8. The molecule has 2 N–H and O–H groups in total. The number of amides is 1. The van der Waals surface area contributed by atoms with E-state index in [0.29, 0.717) is 5.75 Å². The number of phenols is 1. The standard InChI is InChI=1S/C18H21NO4/c1-4-16(12-5-7-13(22-2)8-6-12)19-18(21)15-11-14(23-3)9-10-17(15)20/h5-11,16,20H,4H2,1-3H3,(H,19,21). The van der Waals surface area contributed by atoms with Crippen LogP contribution in [0, 0.1) is 0 Å². The van der Waals surface area contributed by atoms with Crippen LogP contribution in [0.1, 0.15) is 35.3 Å². The fourth-order valence-corrected chi connectivity index (χ4v) is 2.32. The first kappa shape index (κ1) is 16.7. The number of hydrogen-bond donors (Lipinski definition) is 2. The number of carbonyl (C=O) groups excluding carboxylic acids is 1. The molecule has 0 heterocycles. The monoisotopic (exact) mass is 315 g/mol. The van der Waals surface area contributed by atoms with Crippen LogP contribution in [0.3, 0.4) is 0 Å². The number of ether oxygens (including phenoxy) is 2. The largest absolute Gasteiger partial charge is 0.507 e. The fourth-order valence-electron chi connectivity index (χ4n) is 2.32. The number of phenolic OH excluding ortho intramolecular Hbond substituents is 1. The minimum absolute atomic E-state index is 0.0760. The Hall–Kier alpha value is -2.69. The molecule has 0 aliphatic carbocycles. The normalized spacial score (nSPS) is 11.6. The van der Waals surface area contributed by atoms with Gasteiger partial charge in [0.2, 0.25) is 0 Å². The molecule has 2 rings (SSSR count). The second-order valence-corrected chi connectivity index (χ2v) is 5.09. The van der Waals surface area contributed by atoms with E-state index in [4.69, 9.17) is 9.47 Å². The number of benzene rings is 2. The maximum Gasteiger partial charge on any atom is 0.255 e. The molecule has 23 heavy (non-hydrogen) atoms. The van der Waals surface area contributed by atoms with Gasteiger partial charge in [-0.05, 0) is 42.3 Å². The molecule has 2 aromatic carbocycles. The lowest BCUT2D eigenvalue weighted by molar-refractivity contribution is 0.0932. The Bertz CT molecular complexity index is 667. The Balaban J connectivity index is 2.19. The Labute approximate surface area is 135 Å². The van der Waals surface area contributed by atoms with E-state index in [1.807, 2.05) is 31.2 Å². The quantitative estimate of drug-likeness (QED) is 0.858. The van der Waals surface area contributed by atoms with Crippen LogP contribution in [-0.2, 0) is 0 Å². The van der Waals surface area contributed by atoms with Crippen LogP contribution < -0.4 is 14.8 Å². The highest BCUT2D eigenvalue weighted by molar-refractivity contribution is 5.97. The Morgan fingerprint density at radius 2 is 1.70 bits per heavy atom. The molecule has 5 nitrogen and oxygen atoms in total. The zero-order valence-electron chi connectivity index (χ0n) is 13.5. The van der Waals surface area contributed by atoms with Gasteiger partial charge in [-0.2, -0.15) is 0 Å². The third kappa shape index (κ3) is 3.94. The van der Waals surface area contributed by atoms with Gasteiger partial charge in [-0.3, -0.25) is 4.79 Å². The summed E-state index contributed by atoms with van der Waals surface area (Å²) in [6.45, 7) is 1.99. The van der Waals surface area contributed by atoms with Crippen LogP contribution in [0.15, 0.2) is 42.5 Å². The Kier molecular flexibility index (Phi) is 5.46. The molecule has 1 unspecified atom stereocenters.